The molecule has 136 valence electrons. The van der Waals surface area contributed by atoms with E-state index in [2.05, 4.69) is 0 Å². The molecule has 0 rings (SSSR count). The predicted octanol–water partition coefficient (Wildman–Crippen LogP) is 5.15. The summed E-state index contributed by atoms with van der Waals surface area (Å²) in [6.07, 6.45) is 0. The fourth-order valence-corrected chi connectivity index (χ4v) is 0.766. The minimum Gasteiger partial charge on any atom is -0.350 e. The summed E-state index contributed by atoms with van der Waals surface area (Å²) in [6.45, 7) is 24.9. The van der Waals surface area contributed by atoms with Crippen LogP contribution in [0.4, 0.5) is 0 Å². The molecule has 0 N–H and O–H groups in total. The Morgan fingerprint density at radius 1 is 0.364 bits per heavy atom. The average Bonchev–Trinajstić information content (AvgIpc) is 2.08. The van der Waals surface area contributed by atoms with Crippen LogP contribution in [0.2, 0.25) is 0 Å². The Morgan fingerprint density at radius 3 is 0.591 bits per heavy atom. The van der Waals surface area contributed by atoms with E-state index in [-0.39, 0.29) is 22.4 Å². The number of hydrogen-bond acceptors (Lipinski definition) is 4. The Balaban J connectivity index is 0. The zero-order valence-electron chi connectivity index (χ0n) is 17.0. The predicted molar refractivity (Wildman–Crippen MR) is 93.1 cm³/mol. The van der Waals surface area contributed by atoms with Crippen molar-refractivity contribution in [3.05, 3.63) is 0 Å². The summed E-state index contributed by atoms with van der Waals surface area (Å²) < 4.78 is 21.5. The minimum atomic E-state index is -0.106. The van der Waals surface area contributed by atoms with Crippen molar-refractivity contribution in [2.45, 2.75) is 105 Å². The van der Waals surface area contributed by atoms with Gasteiger partial charge in [-0.05, 0) is 83.1 Å². The highest BCUT2D eigenvalue weighted by Crippen LogP contribution is 2.12. The van der Waals surface area contributed by atoms with Crippen LogP contribution >= 0.6 is 0 Å². The first kappa shape index (κ1) is 24.1. The van der Waals surface area contributed by atoms with E-state index >= 15 is 0 Å². The average molecular weight is 321 g/mol. The van der Waals surface area contributed by atoms with Crippen molar-refractivity contribution in [3.8, 4) is 0 Å². The third-order valence-corrected chi connectivity index (χ3v) is 1.97. The van der Waals surface area contributed by atoms with Gasteiger partial charge in [0, 0.05) is 0 Å². The molecule has 0 aromatic rings. The third-order valence-electron chi connectivity index (χ3n) is 1.97. The summed E-state index contributed by atoms with van der Waals surface area (Å²) in [5.74, 6) is 0. The molecule has 0 aliphatic rings. The molecule has 4 nitrogen and oxygen atoms in total. The molecule has 0 aliphatic heterocycles. The van der Waals surface area contributed by atoms with Crippen LogP contribution in [0.1, 0.15) is 83.1 Å². The van der Waals surface area contributed by atoms with Crippen LogP contribution in [0, 0.1) is 0 Å². The van der Waals surface area contributed by atoms with E-state index in [0.29, 0.717) is 13.6 Å². The van der Waals surface area contributed by atoms with E-state index in [1.54, 1.807) is 0 Å². The van der Waals surface area contributed by atoms with Crippen molar-refractivity contribution >= 4 is 0 Å². The van der Waals surface area contributed by atoms with Crippen LogP contribution in [0.3, 0.4) is 0 Å². The first-order valence-corrected chi connectivity index (χ1v) is 7.97. The van der Waals surface area contributed by atoms with Gasteiger partial charge in [-0.25, -0.2) is 0 Å². The molecule has 0 bridgehead atoms. The van der Waals surface area contributed by atoms with Gasteiger partial charge in [0.25, 0.3) is 0 Å². The Morgan fingerprint density at radius 2 is 0.500 bits per heavy atom. The quantitative estimate of drug-likeness (QED) is 0.671. The van der Waals surface area contributed by atoms with Crippen molar-refractivity contribution in [3.63, 3.8) is 0 Å². The van der Waals surface area contributed by atoms with Crippen molar-refractivity contribution in [2.75, 3.05) is 13.6 Å². The van der Waals surface area contributed by atoms with Gasteiger partial charge in [0.15, 0.2) is 0 Å². The summed E-state index contributed by atoms with van der Waals surface area (Å²) in [5.41, 5.74) is -0.424. The summed E-state index contributed by atoms with van der Waals surface area (Å²) >= 11 is 0. The normalized spacial score (nSPS) is 13.6. The van der Waals surface area contributed by atoms with Crippen LogP contribution in [0.5, 0.6) is 0 Å². The molecule has 4 heteroatoms. The zero-order valence-corrected chi connectivity index (χ0v) is 17.0. The third kappa shape index (κ3) is 28.1. The molecule has 0 radical (unpaired) electrons. The van der Waals surface area contributed by atoms with Crippen molar-refractivity contribution in [1.82, 2.24) is 0 Å². The minimum absolute atomic E-state index is 0.106. The second-order valence-corrected chi connectivity index (χ2v) is 9.26. The zero-order chi connectivity index (χ0) is 18.2. The monoisotopic (exact) mass is 320 g/mol. The lowest BCUT2D eigenvalue weighted by Gasteiger charge is -2.24. The van der Waals surface area contributed by atoms with E-state index < -0.39 is 0 Å². The standard InChI is InChI=1S/2C9H20O2/c2*1-8(2,3)10-7-11-9(4,5)6/h2*7H2,1-6H3. The molecule has 0 spiro atoms. The maximum absolute atomic E-state index is 5.38. The number of ether oxygens (including phenoxy) is 4. The Labute approximate surface area is 138 Å². The van der Waals surface area contributed by atoms with Gasteiger partial charge in [-0.2, -0.15) is 0 Å². The van der Waals surface area contributed by atoms with E-state index in [0.717, 1.165) is 0 Å². The molecular weight excluding hydrogens is 280 g/mol. The van der Waals surface area contributed by atoms with Gasteiger partial charge < -0.3 is 18.9 Å². The Bertz CT molecular complexity index is 213. The van der Waals surface area contributed by atoms with Crippen molar-refractivity contribution in [2.24, 2.45) is 0 Å². The van der Waals surface area contributed by atoms with Gasteiger partial charge in [-0.15, -0.1) is 0 Å². The maximum atomic E-state index is 5.38. The largest absolute Gasteiger partial charge is 0.350 e. The fraction of sp³-hybridized carbons (Fsp3) is 1.00. The summed E-state index contributed by atoms with van der Waals surface area (Å²) in [6, 6.07) is 0. The molecule has 22 heavy (non-hydrogen) atoms. The van der Waals surface area contributed by atoms with Gasteiger partial charge >= 0.3 is 0 Å². The molecule has 0 amide bonds. The van der Waals surface area contributed by atoms with Crippen LogP contribution in [-0.4, -0.2) is 36.0 Å². The molecule has 0 aliphatic carbocycles. The van der Waals surface area contributed by atoms with Gasteiger partial charge in [-0.3, -0.25) is 0 Å². The smallest absolute Gasteiger partial charge is 0.148 e. The van der Waals surface area contributed by atoms with Crippen LogP contribution in [0.15, 0.2) is 0 Å². The lowest BCUT2D eigenvalue weighted by molar-refractivity contribution is -0.164. The van der Waals surface area contributed by atoms with Crippen molar-refractivity contribution < 1.29 is 18.9 Å². The SMILES string of the molecule is CC(C)(C)OCOC(C)(C)C.CC(C)(C)OCOC(C)(C)C. The van der Waals surface area contributed by atoms with Gasteiger partial charge in [0.05, 0.1) is 22.4 Å². The Kier molecular flexibility index (Phi) is 10.1. The highest BCUT2D eigenvalue weighted by molar-refractivity contribution is 4.60. The molecule has 0 atom stereocenters. The van der Waals surface area contributed by atoms with E-state index in [4.69, 9.17) is 18.9 Å². The topological polar surface area (TPSA) is 36.9 Å². The molecule has 0 saturated carbocycles. The number of rotatable bonds is 4. The lowest BCUT2D eigenvalue weighted by atomic mass is 10.2. The highest BCUT2D eigenvalue weighted by Gasteiger charge is 2.15. The summed E-state index contributed by atoms with van der Waals surface area (Å²) in [5, 5.41) is 0. The van der Waals surface area contributed by atoms with Gasteiger partial charge in [0.2, 0.25) is 0 Å². The molecule has 0 fully saturated rings. The molecule has 0 heterocycles. The lowest BCUT2D eigenvalue weighted by Crippen LogP contribution is -2.26. The molecule has 0 aromatic carbocycles. The molecule has 0 aromatic heterocycles. The first-order chi connectivity index (χ1) is 9.41. The van der Waals surface area contributed by atoms with E-state index in [9.17, 15) is 0 Å². The van der Waals surface area contributed by atoms with E-state index in [1.807, 2.05) is 83.1 Å². The highest BCUT2D eigenvalue weighted by atomic mass is 16.7. The Hall–Kier alpha value is -0.160. The summed E-state index contributed by atoms with van der Waals surface area (Å²) in [4.78, 5) is 0. The van der Waals surface area contributed by atoms with E-state index in [1.165, 1.54) is 0 Å². The fourth-order valence-electron chi connectivity index (χ4n) is 0.766. The van der Waals surface area contributed by atoms with Crippen LogP contribution in [0.25, 0.3) is 0 Å². The van der Waals surface area contributed by atoms with Crippen LogP contribution < -0.4 is 0 Å². The van der Waals surface area contributed by atoms with Crippen LogP contribution in [-0.2, 0) is 18.9 Å². The second-order valence-electron chi connectivity index (χ2n) is 9.26. The number of hydrogen-bond donors (Lipinski definition) is 0. The summed E-state index contributed by atoms with van der Waals surface area (Å²) in [7, 11) is 0. The first-order valence-electron chi connectivity index (χ1n) is 7.97. The molecular formula is C18H40O4. The molecule has 0 saturated heterocycles. The molecule has 0 unspecified atom stereocenters. The maximum Gasteiger partial charge on any atom is 0.148 e. The van der Waals surface area contributed by atoms with Gasteiger partial charge in [0.1, 0.15) is 13.6 Å². The van der Waals surface area contributed by atoms with Crippen molar-refractivity contribution in [1.29, 1.82) is 0 Å². The second kappa shape index (κ2) is 9.21. The van der Waals surface area contributed by atoms with Gasteiger partial charge in [-0.1, -0.05) is 0 Å².